The maximum atomic E-state index is 9.62. The van der Waals surface area contributed by atoms with Crippen molar-refractivity contribution in [2.75, 3.05) is 37.6 Å². The number of nitrogens with zero attached hydrogens (tertiary/aromatic N) is 4. The fourth-order valence-corrected chi connectivity index (χ4v) is 4.15. The average molecular weight is 410 g/mol. The minimum absolute atomic E-state index is 0.620. The van der Waals surface area contributed by atoms with E-state index >= 15 is 0 Å². The van der Waals surface area contributed by atoms with Gasteiger partial charge in [-0.2, -0.15) is 5.48 Å². The van der Waals surface area contributed by atoms with Crippen molar-refractivity contribution in [2.24, 2.45) is 5.92 Å². The Morgan fingerprint density at radius 2 is 1.80 bits per heavy atom. The summed E-state index contributed by atoms with van der Waals surface area (Å²) >= 11 is 0. The highest BCUT2D eigenvalue weighted by Crippen LogP contribution is 2.23. The summed E-state index contributed by atoms with van der Waals surface area (Å²) in [7, 11) is 0. The summed E-state index contributed by atoms with van der Waals surface area (Å²) in [4.78, 5) is 9.74. The van der Waals surface area contributed by atoms with Gasteiger partial charge in [-0.05, 0) is 29.2 Å². The molecule has 0 bridgehead atoms. The number of benzene rings is 1. The first-order valence-corrected chi connectivity index (χ1v) is 10.6. The highest BCUT2D eigenvalue weighted by Gasteiger charge is 2.18. The van der Waals surface area contributed by atoms with Crippen LogP contribution in [0.4, 0.5) is 5.69 Å². The van der Waals surface area contributed by atoms with Crippen molar-refractivity contribution in [3.8, 4) is 0 Å². The molecule has 0 amide bonds. The van der Waals surface area contributed by atoms with Gasteiger partial charge in [0.1, 0.15) is 5.65 Å². The number of piperazine rings is 1. The SMILES string of the molecule is CC(C)CN1CCN(c2cnc3c(ccn3Cc3ccc(C(O)NO)cc3)c2)CC1. The number of rotatable bonds is 7. The molecule has 1 unspecified atom stereocenters. The molecule has 1 fully saturated rings. The fraction of sp³-hybridized carbons (Fsp3) is 0.435. The first-order valence-electron chi connectivity index (χ1n) is 10.6. The molecule has 1 aliphatic rings. The third kappa shape index (κ3) is 4.65. The lowest BCUT2D eigenvalue weighted by atomic mass is 10.1. The predicted molar refractivity (Wildman–Crippen MR) is 119 cm³/mol. The molecular weight excluding hydrogens is 378 g/mol. The van der Waals surface area contributed by atoms with Crippen molar-refractivity contribution in [3.05, 3.63) is 59.9 Å². The molecular formula is C23H31N5O2. The van der Waals surface area contributed by atoms with Crippen LogP contribution in [0.3, 0.4) is 0 Å². The van der Waals surface area contributed by atoms with E-state index in [1.54, 1.807) is 12.1 Å². The van der Waals surface area contributed by atoms with E-state index in [-0.39, 0.29) is 0 Å². The molecule has 160 valence electrons. The summed E-state index contributed by atoms with van der Waals surface area (Å²) in [6, 6.07) is 11.9. The molecule has 1 aromatic carbocycles. The number of pyridine rings is 1. The zero-order valence-corrected chi connectivity index (χ0v) is 17.7. The third-order valence-corrected chi connectivity index (χ3v) is 5.72. The van der Waals surface area contributed by atoms with Crippen molar-refractivity contribution in [1.29, 1.82) is 0 Å². The predicted octanol–water partition coefficient (Wildman–Crippen LogP) is 2.83. The van der Waals surface area contributed by atoms with Gasteiger partial charge in [-0.3, -0.25) is 4.90 Å². The third-order valence-electron chi connectivity index (χ3n) is 5.72. The minimum atomic E-state index is -1.07. The van der Waals surface area contributed by atoms with Gasteiger partial charge in [0.25, 0.3) is 0 Å². The zero-order valence-electron chi connectivity index (χ0n) is 17.7. The second kappa shape index (κ2) is 9.14. The van der Waals surface area contributed by atoms with Crippen LogP contribution in [0.2, 0.25) is 0 Å². The van der Waals surface area contributed by atoms with Crippen molar-refractivity contribution < 1.29 is 10.3 Å². The van der Waals surface area contributed by atoms with Gasteiger partial charge in [-0.15, -0.1) is 0 Å². The highest BCUT2D eigenvalue weighted by atomic mass is 16.5. The normalized spacial score (nSPS) is 16.5. The summed E-state index contributed by atoms with van der Waals surface area (Å²) < 4.78 is 2.13. The van der Waals surface area contributed by atoms with E-state index in [4.69, 9.17) is 10.2 Å². The standard InChI is InChI=1S/C23H31N5O2/c1-17(2)15-26-9-11-27(12-10-26)21-13-20-7-8-28(22(20)24-14-21)16-18-3-5-19(6-4-18)23(29)25-30/h3-8,13-14,17,23,25,29-30H,9-12,15-16H2,1-2H3. The molecule has 1 saturated heterocycles. The van der Waals surface area contributed by atoms with Crippen molar-refractivity contribution in [2.45, 2.75) is 26.6 Å². The van der Waals surface area contributed by atoms with Gasteiger partial charge in [0, 0.05) is 50.9 Å². The van der Waals surface area contributed by atoms with E-state index in [0.717, 1.165) is 42.8 Å². The van der Waals surface area contributed by atoms with Gasteiger partial charge >= 0.3 is 0 Å². The topological polar surface area (TPSA) is 76.8 Å². The number of hydrogen-bond acceptors (Lipinski definition) is 6. The van der Waals surface area contributed by atoms with Crippen molar-refractivity contribution in [3.63, 3.8) is 0 Å². The molecule has 30 heavy (non-hydrogen) atoms. The Kier molecular flexibility index (Phi) is 6.34. The molecule has 3 N–H and O–H groups in total. The molecule has 1 aliphatic heterocycles. The fourth-order valence-electron chi connectivity index (χ4n) is 4.15. The maximum absolute atomic E-state index is 9.62. The van der Waals surface area contributed by atoms with Gasteiger partial charge in [-0.25, -0.2) is 4.98 Å². The van der Waals surface area contributed by atoms with Crippen LogP contribution in [0.5, 0.6) is 0 Å². The molecule has 7 heteroatoms. The molecule has 0 aliphatic carbocycles. The van der Waals surface area contributed by atoms with E-state index in [0.29, 0.717) is 18.0 Å². The number of hydroxylamine groups is 1. The van der Waals surface area contributed by atoms with Crippen LogP contribution in [0.15, 0.2) is 48.8 Å². The largest absolute Gasteiger partial charge is 0.372 e. The van der Waals surface area contributed by atoms with E-state index in [2.05, 4.69) is 46.5 Å². The smallest absolute Gasteiger partial charge is 0.152 e. The number of aliphatic hydroxyl groups excluding tert-OH is 1. The number of nitrogens with one attached hydrogen (secondary N) is 1. The number of anilines is 1. The maximum Gasteiger partial charge on any atom is 0.152 e. The molecule has 7 nitrogen and oxygen atoms in total. The lowest BCUT2D eigenvalue weighted by Gasteiger charge is -2.36. The Hall–Kier alpha value is -2.45. The molecule has 2 aromatic heterocycles. The molecule has 1 atom stereocenters. The van der Waals surface area contributed by atoms with Crippen molar-refractivity contribution >= 4 is 16.7 Å². The van der Waals surface area contributed by atoms with Crippen LogP contribution >= 0.6 is 0 Å². The first kappa shape index (κ1) is 20.8. The van der Waals surface area contributed by atoms with E-state index < -0.39 is 6.23 Å². The lowest BCUT2D eigenvalue weighted by Crippen LogP contribution is -2.47. The number of hydrogen-bond donors (Lipinski definition) is 3. The average Bonchev–Trinajstić information content (AvgIpc) is 3.16. The van der Waals surface area contributed by atoms with Crippen LogP contribution in [0.25, 0.3) is 11.0 Å². The molecule has 3 heterocycles. The van der Waals surface area contributed by atoms with Gasteiger partial charge in [0.2, 0.25) is 0 Å². The Morgan fingerprint density at radius 1 is 1.07 bits per heavy atom. The van der Waals surface area contributed by atoms with Crippen LogP contribution < -0.4 is 10.4 Å². The summed E-state index contributed by atoms with van der Waals surface area (Å²) in [6.45, 7) is 10.7. The molecule has 0 spiro atoms. The summed E-state index contributed by atoms with van der Waals surface area (Å²) in [5.41, 5.74) is 5.74. The Morgan fingerprint density at radius 3 is 2.47 bits per heavy atom. The Labute approximate surface area is 177 Å². The van der Waals surface area contributed by atoms with Crippen LogP contribution in [-0.4, -0.2) is 57.5 Å². The minimum Gasteiger partial charge on any atom is -0.372 e. The second-order valence-electron chi connectivity index (χ2n) is 8.50. The number of aromatic nitrogens is 2. The number of fused-ring (bicyclic) bond motifs is 1. The summed E-state index contributed by atoms with van der Waals surface area (Å²) in [6.07, 6.45) is 2.99. The Bertz CT molecular complexity index is 961. The second-order valence-corrected chi connectivity index (χ2v) is 8.50. The van der Waals surface area contributed by atoms with Gasteiger partial charge in [0.05, 0.1) is 11.9 Å². The van der Waals surface area contributed by atoms with Gasteiger partial charge in [-0.1, -0.05) is 38.1 Å². The monoisotopic (exact) mass is 409 g/mol. The van der Waals surface area contributed by atoms with Crippen LogP contribution in [0, 0.1) is 5.92 Å². The summed E-state index contributed by atoms with van der Waals surface area (Å²) in [5.74, 6) is 0.710. The van der Waals surface area contributed by atoms with Crippen molar-refractivity contribution in [1.82, 2.24) is 19.9 Å². The quantitative estimate of drug-likeness (QED) is 0.412. The van der Waals surface area contributed by atoms with E-state index in [1.807, 2.05) is 23.8 Å². The van der Waals surface area contributed by atoms with Gasteiger partial charge in [0.15, 0.2) is 6.23 Å². The lowest BCUT2D eigenvalue weighted by molar-refractivity contribution is 0.000692. The van der Waals surface area contributed by atoms with Crippen LogP contribution in [0.1, 0.15) is 31.2 Å². The molecule has 0 saturated carbocycles. The van der Waals surface area contributed by atoms with E-state index in [1.165, 1.54) is 12.2 Å². The van der Waals surface area contributed by atoms with E-state index in [9.17, 15) is 5.11 Å². The van der Waals surface area contributed by atoms with Crippen LogP contribution in [-0.2, 0) is 6.54 Å². The Balaban J connectivity index is 1.44. The molecule has 0 radical (unpaired) electrons. The number of aliphatic hydroxyl groups is 1. The first-order chi connectivity index (χ1) is 14.5. The molecule has 4 rings (SSSR count). The highest BCUT2D eigenvalue weighted by molar-refractivity contribution is 5.80. The summed E-state index contributed by atoms with van der Waals surface area (Å²) in [5, 5.41) is 19.6. The van der Waals surface area contributed by atoms with Gasteiger partial charge < -0.3 is 19.8 Å². The zero-order chi connectivity index (χ0) is 21.1. The molecule has 3 aromatic rings.